The molecule has 0 atom stereocenters. The second-order valence-electron chi connectivity index (χ2n) is 3.84. The third-order valence-electron chi connectivity index (χ3n) is 2.15. The third kappa shape index (κ3) is 2.59. The summed E-state index contributed by atoms with van der Waals surface area (Å²) >= 11 is 0. The van der Waals surface area contributed by atoms with Gasteiger partial charge in [0.25, 0.3) is 0 Å². The van der Waals surface area contributed by atoms with Gasteiger partial charge in [0.1, 0.15) is 4.90 Å². The van der Waals surface area contributed by atoms with Gasteiger partial charge in [-0.15, -0.1) is 0 Å². The molecule has 7 nitrogen and oxygen atoms in total. The Morgan fingerprint density at radius 2 is 2.06 bits per heavy atom. The minimum atomic E-state index is -3.79. The number of hydrogen-bond donors (Lipinski definition) is 4. The zero-order valence-corrected chi connectivity index (χ0v) is 9.87. The maximum Gasteiger partial charge on any atom is 0.244 e. The summed E-state index contributed by atoms with van der Waals surface area (Å²) in [7, 11) is -3.79. The summed E-state index contributed by atoms with van der Waals surface area (Å²) in [4.78, 5) is 0.000579. The molecule has 16 heavy (non-hydrogen) atoms. The minimum absolute atomic E-state index is 0.000579. The molecule has 0 fully saturated rings. The van der Waals surface area contributed by atoms with Crippen molar-refractivity contribution in [2.24, 2.45) is 0 Å². The van der Waals surface area contributed by atoms with Crippen LogP contribution in [0.25, 0.3) is 0 Å². The fourth-order valence-corrected chi connectivity index (χ4v) is 2.63. The Bertz CT molecular complexity index is 450. The highest BCUT2D eigenvalue weighted by Gasteiger charge is 2.30. The van der Waals surface area contributed by atoms with Crippen molar-refractivity contribution < 1.29 is 18.6 Å². The molecule has 0 unspecified atom stereocenters. The first kappa shape index (κ1) is 13.1. The van der Waals surface area contributed by atoms with Crippen molar-refractivity contribution in [1.82, 2.24) is 14.9 Å². The molecule has 0 saturated carbocycles. The highest BCUT2D eigenvalue weighted by Crippen LogP contribution is 2.14. The predicted molar refractivity (Wildman–Crippen MR) is 56.2 cm³/mol. The van der Waals surface area contributed by atoms with E-state index in [4.69, 9.17) is 10.2 Å². The van der Waals surface area contributed by atoms with Gasteiger partial charge in [-0.2, -0.15) is 5.10 Å². The second kappa shape index (κ2) is 4.50. The van der Waals surface area contributed by atoms with E-state index in [1.807, 2.05) is 0 Å². The van der Waals surface area contributed by atoms with E-state index < -0.39 is 28.8 Å². The lowest BCUT2D eigenvalue weighted by Crippen LogP contribution is -2.51. The van der Waals surface area contributed by atoms with Crippen molar-refractivity contribution in [3.05, 3.63) is 11.9 Å². The normalized spacial score (nSPS) is 13.0. The Balaban J connectivity index is 3.02. The summed E-state index contributed by atoms with van der Waals surface area (Å²) in [5.74, 6) is 0. The first-order valence-electron chi connectivity index (χ1n) is 4.60. The van der Waals surface area contributed by atoms with Crippen molar-refractivity contribution in [3.8, 4) is 0 Å². The molecule has 1 heterocycles. The molecule has 0 aromatic carbocycles. The van der Waals surface area contributed by atoms with Crippen LogP contribution in [0.15, 0.2) is 11.1 Å². The summed E-state index contributed by atoms with van der Waals surface area (Å²) in [5, 5.41) is 24.1. The van der Waals surface area contributed by atoms with Crippen LogP contribution in [0.5, 0.6) is 0 Å². The van der Waals surface area contributed by atoms with Gasteiger partial charge in [-0.3, -0.25) is 5.10 Å². The zero-order valence-electron chi connectivity index (χ0n) is 9.06. The van der Waals surface area contributed by atoms with Gasteiger partial charge in [0.2, 0.25) is 10.0 Å². The van der Waals surface area contributed by atoms with E-state index >= 15 is 0 Å². The first-order chi connectivity index (χ1) is 7.34. The number of aromatic amines is 1. The molecule has 92 valence electrons. The Labute approximate surface area is 93.6 Å². The molecule has 0 aliphatic carbocycles. The molecule has 0 bridgehead atoms. The number of aromatic nitrogens is 2. The number of nitrogens with zero attached hydrogens (tertiary/aromatic N) is 1. The van der Waals surface area contributed by atoms with Crippen LogP contribution in [0, 0.1) is 6.92 Å². The Hall–Kier alpha value is -0.960. The Kier molecular flexibility index (Phi) is 3.68. The third-order valence-corrected chi connectivity index (χ3v) is 3.90. The topological polar surface area (TPSA) is 115 Å². The molecule has 8 heteroatoms. The van der Waals surface area contributed by atoms with E-state index in [1.165, 1.54) is 13.1 Å². The number of sulfonamides is 1. The Morgan fingerprint density at radius 1 is 1.50 bits per heavy atom. The lowest BCUT2D eigenvalue weighted by atomic mass is 10.1. The van der Waals surface area contributed by atoms with Gasteiger partial charge in [-0.05, 0) is 13.8 Å². The summed E-state index contributed by atoms with van der Waals surface area (Å²) < 4.78 is 25.9. The first-order valence-corrected chi connectivity index (χ1v) is 6.08. The molecular weight excluding hydrogens is 234 g/mol. The van der Waals surface area contributed by atoms with Crippen LogP contribution in [0.1, 0.15) is 12.6 Å². The van der Waals surface area contributed by atoms with E-state index in [-0.39, 0.29) is 4.90 Å². The fourth-order valence-electron chi connectivity index (χ4n) is 1.10. The molecule has 1 aromatic rings. The van der Waals surface area contributed by atoms with Crippen molar-refractivity contribution in [3.63, 3.8) is 0 Å². The van der Waals surface area contributed by atoms with E-state index in [9.17, 15) is 8.42 Å². The van der Waals surface area contributed by atoms with Gasteiger partial charge in [0, 0.05) is 0 Å². The molecule has 0 saturated heterocycles. The van der Waals surface area contributed by atoms with Crippen LogP contribution < -0.4 is 4.72 Å². The second-order valence-corrected chi connectivity index (χ2v) is 5.49. The molecule has 0 radical (unpaired) electrons. The molecule has 0 aliphatic rings. The number of rotatable bonds is 5. The molecule has 4 N–H and O–H groups in total. The van der Waals surface area contributed by atoms with E-state index in [0.29, 0.717) is 5.69 Å². The van der Waals surface area contributed by atoms with Crippen LogP contribution in [-0.2, 0) is 10.0 Å². The van der Waals surface area contributed by atoms with Gasteiger partial charge < -0.3 is 10.2 Å². The van der Waals surface area contributed by atoms with Gasteiger partial charge >= 0.3 is 0 Å². The average Bonchev–Trinajstić information content (AvgIpc) is 2.64. The standard InChI is InChI=1S/C8H15N3O4S/c1-6-7(3-9-10-6)16(14,15)11-8(2,4-12)5-13/h3,11-13H,4-5H2,1-2H3,(H,9,10). The number of aliphatic hydroxyl groups is 2. The van der Waals surface area contributed by atoms with Crippen LogP contribution in [0.4, 0.5) is 0 Å². The number of nitrogens with one attached hydrogen (secondary N) is 2. The highest BCUT2D eigenvalue weighted by molar-refractivity contribution is 7.89. The lowest BCUT2D eigenvalue weighted by molar-refractivity contribution is 0.121. The number of aliphatic hydroxyl groups excluding tert-OH is 2. The van der Waals surface area contributed by atoms with Crippen molar-refractivity contribution >= 4 is 10.0 Å². The number of hydrogen-bond acceptors (Lipinski definition) is 5. The molecule has 1 rings (SSSR count). The van der Waals surface area contributed by atoms with Crippen LogP contribution in [0.3, 0.4) is 0 Å². The van der Waals surface area contributed by atoms with Gasteiger partial charge in [-0.25, -0.2) is 13.1 Å². The van der Waals surface area contributed by atoms with Crippen molar-refractivity contribution in [2.75, 3.05) is 13.2 Å². The summed E-state index contributed by atoms with van der Waals surface area (Å²) in [6.45, 7) is 1.97. The summed E-state index contributed by atoms with van der Waals surface area (Å²) in [6.07, 6.45) is 1.17. The average molecular weight is 249 g/mol. The van der Waals surface area contributed by atoms with Crippen LogP contribution in [-0.4, -0.2) is 47.6 Å². The van der Waals surface area contributed by atoms with Gasteiger partial charge in [-0.1, -0.05) is 0 Å². The summed E-state index contributed by atoms with van der Waals surface area (Å²) in [5.41, 5.74) is -0.895. The smallest absolute Gasteiger partial charge is 0.244 e. The predicted octanol–water partition coefficient (Wildman–Crippen LogP) is -1.26. The van der Waals surface area contributed by atoms with Crippen LogP contribution >= 0.6 is 0 Å². The van der Waals surface area contributed by atoms with Gasteiger partial charge in [0.15, 0.2) is 0 Å². The molecule has 0 spiro atoms. The molecule has 1 aromatic heterocycles. The van der Waals surface area contributed by atoms with E-state index in [1.54, 1.807) is 6.92 Å². The van der Waals surface area contributed by atoms with Gasteiger partial charge in [0.05, 0.1) is 30.6 Å². The number of aryl methyl sites for hydroxylation is 1. The maximum atomic E-state index is 11.9. The maximum absolute atomic E-state index is 11.9. The lowest BCUT2D eigenvalue weighted by Gasteiger charge is -2.25. The fraction of sp³-hybridized carbons (Fsp3) is 0.625. The zero-order chi connectivity index (χ0) is 12.4. The van der Waals surface area contributed by atoms with Crippen molar-refractivity contribution in [1.29, 1.82) is 0 Å². The van der Waals surface area contributed by atoms with Crippen LogP contribution in [0.2, 0.25) is 0 Å². The minimum Gasteiger partial charge on any atom is -0.394 e. The Morgan fingerprint density at radius 3 is 2.44 bits per heavy atom. The SMILES string of the molecule is Cc1[nH]ncc1S(=O)(=O)NC(C)(CO)CO. The van der Waals surface area contributed by atoms with E-state index in [0.717, 1.165) is 0 Å². The largest absolute Gasteiger partial charge is 0.394 e. The van der Waals surface area contributed by atoms with Crippen molar-refractivity contribution in [2.45, 2.75) is 24.3 Å². The summed E-state index contributed by atoms with van der Waals surface area (Å²) in [6, 6.07) is 0. The quantitative estimate of drug-likeness (QED) is 0.520. The van der Waals surface area contributed by atoms with E-state index in [2.05, 4.69) is 14.9 Å². The highest BCUT2D eigenvalue weighted by atomic mass is 32.2. The number of H-pyrrole nitrogens is 1. The molecule has 0 aliphatic heterocycles. The monoisotopic (exact) mass is 249 g/mol. The molecule has 0 amide bonds. The molecular formula is C8H15N3O4S.